The van der Waals surface area contributed by atoms with Crippen LogP contribution in [0.3, 0.4) is 0 Å². The molecular weight excluding hydrogens is 355 g/mol. The smallest absolute Gasteiger partial charge is 0.143 e. The van der Waals surface area contributed by atoms with Gasteiger partial charge in [-0.1, -0.05) is 40.9 Å². The first kappa shape index (κ1) is 16.7. The molecule has 1 saturated heterocycles. The standard InChI is InChI=1S/C17H17Cl3N2O/c18-13-2-1-3-15(9-13)22-6-4-21(5-7-22)11-12-8-14(19)10-16(20)17(12)23/h1-3,8-10,23H,4-7,11H2/p+1. The molecular formula is C17H18Cl3N2O+. The van der Waals surface area contributed by atoms with Gasteiger partial charge in [0.1, 0.15) is 12.3 Å². The highest BCUT2D eigenvalue weighted by atomic mass is 35.5. The highest BCUT2D eigenvalue weighted by molar-refractivity contribution is 6.35. The van der Waals surface area contributed by atoms with Crippen LogP contribution in [-0.2, 0) is 6.54 Å². The molecule has 2 aromatic rings. The lowest BCUT2D eigenvalue weighted by molar-refractivity contribution is -0.914. The van der Waals surface area contributed by atoms with Crippen LogP contribution in [0.1, 0.15) is 5.56 Å². The van der Waals surface area contributed by atoms with Crippen molar-refractivity contribution in [3.05, 3.63) is 57.0 Å². The van der Waals surface area contributed by atoms with Crippen molar-refractivity contribution in [1.82, 2.24) is 0 Å². The Bertz CT molecular complexity index is 700. The molecule has 3 rings (SSSR count). The number of benzene rings is 2. The molecule has 1 fully saturated rings. The summed E-state index contributed by atoms with van der Waals surface area (Å²) in [5, 5.41) is 11.7. The number of nitrogens with one attached hydrogen (secondary N) is 1. The zero-order chi connectivity index (χ0) is 16.4. The number of hydrogen-bond acceptors (Lipinski definition) is 2. The summed E-state index contributed by atoms with van der Waals surface area (Å²) >= 11 is 18.1. The number of quaternary nitrogens is 1. The van der Waals surface area contributed by atoms with Crippen LogP contribution in [0.25, 0.3) is 0 Å². The predicted molar refractivity (Wildman–Crippen MR) is 96.2 cm³/mol. The van der Waals surface area contributed by atoms with Gasteiger partial charge < -0.3 is 14.9 Å². The molecule has 1 aliphatic rings. The van der Waals surface area contributed by atoms with Crippen molar-refractivity contribution >= 4 is 40.5 Å². The molecule has 1 heterocycles. The van der Waals surface area contributed by atoms with Crippen LogP contribution in [0, 0.1) is 0 Å². The van der Waals surface area contributed by atoms with Gasteiger partial charge in [0.15, 0.2) is 0 Å². The summed E-state index contributed by atoms with van der Waals surface area (Å²) in [4.78, 5) is 3.73. The van der Waals surface area contributed by atoms with E-state index in [0.29, 0.717) is 10.0 Å². The SMILES string of the molecule is Oc1c(Cl)cc(Cl)cc1C[NH+]1CCN(c2cccc(Cl)c2)CC1. The topological polar surface area (TPSA) is 27.9 Å². The van der Waals surface area contributed by atoms with Crippen molar-refractivity contribution in [1.29, 1.82) is 0 Å². The Kier molecular flexibility index (Phi) is 5.22. The molecule has 0 bridgehead atoms. The molecule has 1 aliphatic heterocycles. The third-order valence-corrected chi connectivity index (χ3v) is 4.93. The van der Waals surface area contributed by atoms with Gasteiger partial charge >= 0.3 is 0 Å². The van der Waals surface area contributed by atoms with Crippen molar-refractivity contribution < 1.29 is 10.0 Å². The maximum absolute atomic E-state index is 10.1. The number of anilines is 1. The van der Waals surface area contributed by atoms with Gasteiger partial charge in [0.25, 0.3) is 0 Å². The fourth-order valence-electron chi connectivity index (χ4n) is 2.95. The van der Waals surface area contributed by atoms with Crippen LogP contribution < -0.4 is 9.80 Å². The number of nitrogens with zero attached hydrogens (tertiary/aromatic N) is 1. The van der Waals surface area contributed by atoms with Gasteiger partial charge in [-0.15, -0.1) is 0 Å². The largest absolute Gasteiger partial charge is 0.506 e. The second kappa shape index (κ2) is 7.18. The van der Waals surface area contributed by atoms with E-state index in [1.54, 1.807) is 12.1 Å². The minimum absolute atomic E-state index is 0.140. The van der Waals surface area contributed by atoms with E-state index in [0.717, 1.165) is 49.0 Å². The average Bonchev–Trinajstić information content (AvgIpc) is 2.53. The summed E-state index contributed by atoms with van der Waals surface area (Å²) in [5.41, 5.74) is 1.96. The van der Waals surface area contributed by atoms with Crippen molar-refractivity contribution in [2.45, 2.75) is 6.54 Å². The van der Waals surface area contributed by atoms with Gasteiger partial charge in [0.2, 0.25) is 0 Å². The Morgan fingerprint density at radius 1 is 1.00 bits per heavy atom. The third kappa shape index (κ3) is 4.04. The van der Waals surface area contributed by atoms with Crippen LogP contribution in [0.5, 0.6) is 5.75 Å². The minimum atomic E-state index is 0.140. The van der Waals surface area contributed by atoms with Crippen LogP contribution in [-0.4, -0.2) is 31.3 Å². The predicted octanol–water partition coefficient (Wildman–Crippen LogP) is 3.26. The van der Waals surface area contributed by atoms with Crippen LogP contribution >= 0.6 is 34.8 Å². The third-order valence-electron chi connectivity index (χ3n) is 4.19. The van der Waals surface area contributed by atoms with Gasteiger partial charge in [-0.3, -0.25) is 0 Å². The van der Waals surface area contributed by atoms with Gasteiger partial charge in [0, 0.05) is 15.7 Å². The van der Waals surface area contributed by atoms with E-state index < -0.39 is 0 Å². The molecule has 2 aromatic carbocycles. The molecule has 122 valence electrons. The lowest BCUT2D eigenvalue weighted by Gasteiger charge is -2.33. The van der Waals surface area contributed by atoms with Crippen molar-refractivity contribution in [3.63, 3.8) is 0 Å². The molecule has 0 aliphatic carbocycles. The number of phenolic OH excluding ortho intramolecular Hbond substituents is 1. The molecule has 6 heteroatoms. The average molecular weight is 373 g/mol. The molecule has 0 amide bonds. The number of halogens is 3. The van der Waals surface area contributed by atoms with E-state index in [9.17, 15) is 5.11 Å². The van der Waals surface area contributed by atoms with Crippen LogP contribution in [0.4, 0.5) is 5.69 Å². The summed E-state index contributed by atoms with van der Waals surface area (Å²) in [7, 11) is 0. The van der Waals surface area contributed by atoms with Crippen LogP contribution in [0.2, 0.25) is 15.1 Å². The number of piperazine rings is 1. The van der Waals surface area contributed by atoms with Gasteiger partial charge in [-0.05, 0) is 30.3 Å². The first-order valence-corrected chi connectivity index (χ1v) is 8.67. The Morgan fingerprint density at radius 3 is 2.43 bits per heavy atom. The first-order chi connectivity index (χ1) is 11.0. The molecule has 0 aromatic heterocycles. The number of rotatable bonds is 3. The highest BCUT2D eigenvalue weighted by Crippen LogP contribution is 2.30. The van der Waals surface area contributed by atoms with E-state index in [2.05, 4.69) is 11.0 Å². The second-order valence-electron chi connectivity index (χ2n) is 5.79. The summed E-state index contributed by atoms with van der Waals surface area (Å²) in [6, 6.07) is 11.3. The Morgan fingerprint density at radius 2 is 1.74 bits per heavy atom. The number of hydrogen-bond donors (Lipinski definition) is 2. The monoisotopic (exact) mass is 371 g/mol. The zero-order valence-corrected chi connectivity index (χ0v) is 14.8. The molecule has 0 saturated carbocycles. The van der Waals surface area contributed by atoms with E-state index >= 15 is 0 Å². The molecule has 0 unspecified atom stereocenters. The van der Waals surface area contributed by atoms with E-state index in [1.165, 1.54) is 4.90 Å². The Balaban J connectivity index is 1.64. The zero-order valence-electron chi connectivity index (χ0n) is 12.5. The highest BCUT2D eigenvalue weighted by Gasteiger charge is 2.22. The fourth-order valence-corrected chi connectivity index (χ4v) is 3.67. The summed E-state index contributed by atoms with van der Waals surface area (Å²) < 4.78 is 0. The number of aromatic hydroxyl groups is 1. The Labute approximate surface area is 151 Å². The van der Waals surface area contributed by atoms with E-state index in [1.807, 2.05) is 18.2 Å². The summed E-state index contributed by atoms with van der Waals surface area (Å²) in [6.45, 7) is 4.58. The molecule has 0 atom stereocenters. The Hall–Kier alpha value is -1.13. The van der Waals surface area contributed by atoms with E-state index in [-0.39, 0.29) is 5.75 Å². The lowest BCUT2D eigenvalue weighted by atomic mass is 10.1. The van der Waals surface area contributed by atoms with Crippen molar-refractivity contribution in [3.8, 4) is 5.75 Å². The maximum atomic E-state index is 10.1. The molecule has 2 N–H and O–H groups in total. The quantitative estimate of drug-likeness (QED) is 0.865. The van der Waals surface area contributed by atoms with Crippen molar-refractivity contribution in [2.24, 2.45) is 0 Å². The number of phenols is 1. The molecule has 3 nitrogen and oxygen atoms in total. The van der Waals surface area contributed by atoms with Gasteiger partial charge in [-0.2, -0.15) is 0 Å². The minimum Gasteiger partial charge on any atom is -0.506 e. The van der Waals surface area contributed by atoms with Gasteiger partial charge in [-0.25, -0.2) is 0 Å². The summed E-state index contributed by atoms with van der Waals surface area (Å²) in [5.74, 6) is 0.140. The van der Waals surface area contributed by atoms with Crippen LogP contribution in [0.15, 0.2) is 36.4 Å². The van der Waals surface area contributed by atoms with Gasteiger partial charge in [0.05, 0.1) is 36.8 Å². The summed E-state index contributed by atoms with van der Waals surface area (Å²) in [6.07, 6.45) is 0. The van der Waals surface area contributed by atoms with E-state index in [4.69, 9.17) is 34.8 Å². The molecule has 0 radical (unpaired) electrons. The fraction of sp³-hybridized carbons (Fsp3) is 0.294. The second-order valence-corrected chi connectivity index (χ2v) is 7.07. The van der Waals surface area contributed by atoms with Crippen molar-refractivity contribution in [2.75, 3.05) is 31.1 Å². The first-order valence-electron chi connectivity index (χ1n) is 7.54. The lowest BCUT2D eigenvalue weighted by Crippen LogP contribution is -3.13. The normalized spacial score (nSPS) is 15.9. The molecule has 0 spiro atoms. The maximum Gasteiger partial charge on any atom is 0.143 e. The molecule has 23 heavy (non-hydrogen) atoms.